The lowest BCUT2D eigenvalue weighted by molar-refractivity contribution is 0.0677. The Morgan fingerprint density at radius 3 is 3.00 bits per heavy atom. The van der Waals surface area contributed by atoms with Crippen molar-refractivity contribution < 1.29 is 14.3 Å². The van der Waals surface area contributed by atoms with Crippen molar-refractivity contribution in [1.82, 2.24) is 4.90 Å². The zero-order valence-electron chi connectivity index (χ0n) is 9.82. The van der Waals surface area contributed by atoms with Gasteiger partial charge in [-0.15, -0.1) is 0 Å². The molecule has 1 aromatic carbocycles. The van der Waals surface area contributed by atoms with Gasteiger partial charge in [0.1, 0.15) is 5.82 Å². The zero-order valence-corrected chi connectivity index (χ0v) is 9.82. The monoisotopic (exact) mass is 237 g/mol. The van der Waals surface area contributed by atoms with Crippen LogP contribution in [0.2, 0.25) is 0 Å². The van der Waals surface area contributed by atoms with E-state index in [1.54, 1.807) is 17.9 Å². The summed E-state index contributed by atoms with van der Waals surface area (Å²) in [5.41, 5.74) is 0.958. The lowest BCUT2D eigenvalue weighted by Crippen LogP contribution is -2.37. The van der Waals surface area contributed by atoms with Crippen LogP contribution in [0.25, 0.3) is 0 Å². The molecule has 1 atom stereocenters. The first kappa shape index (κ1) is 12.0. The predicted octanol–water partition coefficient (Wildman–Crippen LogP) is 1.73. The molecule has 1 aliphatic heterocycles. The SMILES string of the molecule is Cc1cc(C(=O)N2CCC[C@H]2CO)ccc1F. The molecule has 0 radical (unpaired) electrons. The standard InChI is InChI=1S/C13H16FNO2/c1-9-7-10(4-5-12(9)14)13(17)15-6-2-3-11(15)8-16/h4-5,7,11,16H,2-3,6,8H2,1H3/t11-/m0/s1. The number of nitrogens with zero attached hydrogens (tertiary/aromatic N) is 1. The maximum absolute atomic E-state index is 13.1. The van der Waals surface area contributed by atoms with E-state index in [-0.39, 0.29) is 24.4 Å². The molecular weight excluding hydrogens is 221 g/mol. The number of benzene rings is 1. The smallest absolute Gasteiger partial charge is 0.254 e. The van der Waals surface area contributed by atoms with Crippen LogP contribution in [0.1, 0.15) is 28.8 Å². The van der Waals surface area contributed by atoms with E-state index >= 15 is 0 Å². The van der Waals surface area contributed by atoms with Crippen LogP contribution in [-0.4, -0.2) is 35.1 Å². The third-order valence-electron chi connectivity index (χ3n) is 3.25. The third kappa shape index (κ3) is 2.31. The van der Waals surface area contributed by atoms with Gasteiger partial charge in [-0.05, 0) is 43.5 Å². The molecule has 0 saturated carbocycles. The van der Waals surface area contributed by atoms with Crippen molar-refractivity contribution in [2.24, 2.45) is 0 Å². The molecule has 0 aromatic heterocycles. The second-order valence-electron chi connectivity index (χ2n) is 4.44. The summed E-state index contributed by atoms with van der Waals surface area (Å²) in [5, 5.41) is 9.18. The Balaban J connectivity index is 2.21. The van der Waals surface area contributed by atoms with Crippen LogP contribution in [0.5, 0.6) is 0 Å². The van der Waals surface area contributed by atoms with E-state index in [1.165, 1.54) is 12.1 Å². The normalized spacial score (nSPS) is 19.7. The second-order valence-corrected chi connectivity index (χ2v) is 4.44. The molecule has 1 amide bonds. The minimum absolute atomic E-state index is 0.00802. The first-order valence-corrected chi connectivity index (χ1v) is 5.81. The Hall–Kier alpha value is -1.42. The fourth-order valence-corrected chi connectivity index (χ4v) is 2.24. The van der Waals surface area contributed by atoms with Gasteiger partial charge >= 0.3 is 0 Å². The molecule has 1 N–H and O–H groups in total. The molecule has 1 aromatic rings. The van der Waals surface area contributed by atoms with Crippen molar-refractivity contribution in [1.29, 1.82) is 0 Å². The number of aliphatic hydroxyl groups is 1. The van der Waals surface area contributed by atoms with Gasteiger partial charge in [0.25, 0.3) is 5.91 Å². The number of amides is 1. The Labute approximate surface area is 99.9 Å². The first-order valence-electron chi connectivity index (χ1n) is 5.81. The molecule has 17 heavy (non-hydrogen) atoms. The molecule has 92 valence electrons. The van der Waals surface area contributed by atoms with Gasteiger partial charge in [0.2, 0.25) is 0 Å². The van der Waals surface area contributed by atoms with Crippen LogP contribution in [0.4, 0.5) is 4.39 Å². The lowest BCUT2D eigenvalue weighted by atomic mass is 10.1. The van der Waals surface area contributed by atoms with Crippen LogP contribution in [0.15, 0.2) is 18.2 Å². The number of hydrogen-bond donors (Lipinski definition) is 1. The molecule has 1 heterocycles. The zero-order chi connectivity index (χ0) is 12.4. The Morgan fingerprint density at radius 1 is 1.59 bits per heavy atom. The quantitative estimate of drug-likeness (QED) is 0.851. The minimum Gasteiger partial charge on any atom is -0.394 e. The summed E-state index contributed by atoms with van der Waals surface area (Å²) in [4.78, 5) is 13.8. The fraction of sp³-hybridized carbons (Fsp3) is 0.462. The summed E-state index contributed by atoms with van der Waals surface area (Å²) >= 11 is 0. The van der Waals surface area contributed by atoms with Gasteiger partial charge < -0.3 is 10.0 Å². The summed E-state index contributed by atoms with van der Waals surface area (Å²) in [6.07, 6.45) is 1.75. The molecule has 1 fully saturated rings. The number of carbonyl (C=O) groups excluding carboxylic acids is 1. The fourth-order valence-electron chi connectivity index (χ4n) is 2.24. The Bertz CT molecular complexity index is 433. The molecule has 4 heteroatoms. The van der Waals surface area contributed by atoms with Crippen molar-refractivity contribution in [3.8, 4) is 0 Å². The molecule has 0 unspecified atom stereocenters. The number of hydrogen-bond acceptors (Lipinski definition) is 2. The maximum atomic E-state index is 13.1. The molecule has 3 nitrogen and oxygen atoms in total. The first-order chi connectivity index (χ1) is 8.13. The van der Waals surface area contributed by atoms with Crippen LogP contribution in [-0.2, 0) is 0 Å². The average molecular weight is 237 g/mol. The largest absolute Gasteiger partial charge is 0.394 e. The van der Waals surface area contributed by atoms with Crippen LogP contribution in [0, 0.1) is 12.7 Å². The van der Waals surface area contributed by atoms with Crippen molar-refractivity contribution in [2.45, 2.75) is 25.8 Å². The van der Waals surface area contributed by atoms with Crippen LogP contribution < -0.4 is 0 Å². The average Bonchev–Trinajstić information content (AvgIpc) is 2.80. The molecule has 0 aliphatic carbocycles. The van der Waals surface area contributed by atoms with Gasteiger partial charge in [0.15, 0.2) is 0 Å². The van der Waals surface area contributed by atoms with E-state index in [2.05, 4.69) is 0 Å². The van der Waals surface area contributed by atoms with Crippen molar-refractivity contribution in [3.05, 3.63) is 35.1 Å². The number of aliphatic hydroxyl groups excluding tert-OH is 1. The Kier molecular flexibility index (Phi) is 3.43. The molecule has 1 aliphatic rings. The van der Waals surface area contributed by atoms with Crippen molar-refractivity contribution in [3.63, 3.8) is 0 Å². The lowest BCUT2D eigenvalue weighted by Gasteiger charge is -2.23. The van der Waals surface area contributed by atoms with Crippen molar-refractivity contribution in [2.75, 3.05) is 13.2 Å². The Morgan fingerprint density at radius 2 is 2.35 bits per heavy atom. The van der Waals surface area contributed by atoms with Gasteiger partial charge in [0.05, 0.1) is 12.6 Å². The van der Waals surface area contributed by atoms with E-state index in [0.29, 0.717) is 17.7 Å². The summed E-state index contributed by atoms with van der Waals surface area (Å²) < 4.78 is 13.1. The molecular formula is C13H16FNO2. The maximum Gasteiger partial charge on any atom is 0.254 e. The number of aryl methyl sites for hydroxylation is 1. The highest BCUT2D eigenvalue weighted by molar-refractivity contribution is 5.94. The summed E-state index contributed by atoms with van der Waals surface area (Å²) in [6.45, 7) is 2.30. The summed E-state index contributed by atoms with van der Waals surface area (Å²) in [5.74, 6) is -0.425. The highest BCUT2D eigenvalue weighted by Gasteiger charge is 2.28. The molecule has 2 rings (SSSR count). The number of likely N-dealkylation sites (tertiary alicyclic amines) is 1. The summed E-state index contributed by atoms with van der Waals surface area (Å²) in [7, 11) is 0. The van der Waals surface area contributed by atoms with E-state index in [4.69, 9.17) is 0 Å². The van der Waals surface area contributed by atoms with Gasteiger partial charge in [0, 0.05) is 12.1 Å². The number of rotatable bonds is 2. The predicted molar refractivity (Wildman–Crippen MR) is 62.3 cm³/mol. The van der Waals surface area contributed by atoms with E-state index in [9.17, 15) is 14.3 Å². The van der Waals surface area contributed by atoms with E-state index < -0.39 is 0 Å². The molecule has 0 bridgehead atoms. The highest BCUT2D eigenvalue weighted by atomic mass is 19.1. The second kappa shape index (κ2) is 4.84. The van der Waals surface area contributed by atoms with Gasteiger partial charge in [-0.25, -0.2) is 4.39 Å². The number of halogens is 1. The van der Waals surface area contributed by atoms with E-state index in [1.807, 2.05) is 0 Å². The summed E-state index contributed by atoms with van der Waals surface area (Å²) in [6, 6.07) is 4.28. The number of carbonyl (C=O) groups is 1. The highest BCUT2D eigenvalue weighted by Crippen LogP contribution is 2.20. The topological polar surface area (TPSA) is 40.5 Å². The minimum atomic E-state index is -0.304. The molecule has 0 spiro atoms. The van der Waals surface area contributed by atoms with Crippen molar-refractivity contribution >= 4 is 5.91 Å². The third-order valence-corrected chi connectivity index (χ3v) is 3.25. The van der Waals surface area contributed by atoms with Crippen LogP contribution in [0.3, 0.4) is 0 Å². The van der Waals surface area contributed by atoms with Gasteiger partial charge in [-0.2, -0.15) is 0 Å². The van der Waals surface area contributed by atoms with Gasteiger partial charge in [-0.3, -0.25) is 4.79 Å². The van der Waals surface area contributed by atoms with Gasteiger partial charge in [-0.1, -0.05) is 0 Å². The van der Waals surface area contributed by atoms with E-state index in [0.717, 1.165) is 12.8 Å². The van der Waals surface area contributed by atoms with Crippen LogP contribution >= 0.6 is 0 Å². The molecule has 1 saturated heterocycles.